The third kappa shape index (κ3) is 3.29. The van der Waals surface area contributed by atoms with Crippen LogP contribution in [0.3, 0.4) is 0 Å². The average Bonchev–Trinajstić information content (AvgIpc) is 2.18. The molecule has 1 aliphatic heterocycles. The lowest BCUT2D eigenvalue weighted by molar-refractivity contribution is -0.130. The van der Waals surface area contributed by atoms with Gasteiger partial charge in [-0.2, -0.15) is 0 Å². The van der Waals surface area contributed by atoms with Crippen LogP contribution in [-0.2, 0) is 4.79 Å². The summed E-state index contributed by atoms with van der Waals surface area (Å²) in [4.78, 5) is 15.7. The van der Waals surface area contributed by atoms with E-state index >= 15 is 0 Å². The van der Waals surface area contributed by atoms with Gasteiger partial charge in [0.15, 0.2) is 0 Å². The van der Waals surface area contributed by atoms with Gasteiger partial charge in [-0.1, -0.05) is 6.92 Å². The Hall–Kier alpha value is -0.570. The Kier molecular flexibility index (Phi) is 4.39. The maximum atomic E-state index is 11.5. The van der Waals surface area contributed by atoms with E-state index in [-0.39, 0.29) is 5.91 Å². The highest BCUT2D eigenvalue weighted by Gasteiger charge is 2.21. The zero-order valence-electron chi connectivity index (χ0n) is 9.62. The van der Waals surface area contributed by atoms with Gasteiger partial charge >= 0.3 is 0 Å². The highest BCUT2D eigenvalue weighted by atomic mass is 16.2. The van der Waals surface area contributed by atoms with Crippen molar-refractivity contribution < 1.29 is 4.79 Å². The average molecular weight is 198 g/mol. The molecule has 0 aromatic heterocycles. The van der Waals surface area contributed by atoms with E-state index in [9.17, 15) is 4.79 Å². The van der Waals surface area contributed by atoms with Crippen LogP contribution in [-0.4, -0.2) is 49.4 Å². The number of rotatable bonds is 3. The molecule has 1 saturated heterocycles. The quantitative estimate of drug-likeness (QED) is 0.680. The van der Waals surface area contributed by atoms with Crippen molar-refractivity contribution in [1.29, 1.82) is 0 Å². The van der Waals surface area contributed by atoms with Crippen LogP contribution < -0.4 is 0 Å². The Balaban J connectivity index is 2.34. The zero-order chi connectivity index (χ0) is 10.6. The summed E-state index contributed by atoms with van der Waals surface area (Å²) < 4.78 is 0. The monoisotopic (exact) mass is 198 g/mol. The predicted molar refractivity (Wildman–Crippen MR) is 58.1 cm³/mol. The van der Waals surface area contributed by atoms with E-state index in [4.69, 9.17) is 0 Å². The number of hydrogen-bond acceptors (Lipinski definition) is 2. The maximum absolute atomic E-state index is 11.5. The van der Waals surface area contributed by atoms with Gasteiger partial charge in [-0.05, 0) is 31.8 Å². The topological polar surface area (TPSA) is 23.6 Å². The fourth-order valence-corrected chi connectivity index (χ4v) is 2.03. The number of nitrogens with zero attached hydrogens (tertiary/aromatic N) is 2. The van der Waals surface area contributed by atoms with Crippen LogP contribution in [0.5, 0.6) is 0 Å². The first kappa shape index (κ1) is 11.5. The standard InChI is InChI=1S/C11H22N2O/c1-4-13-7-5-6-10(9-13)8-11(14)12(2)3/h10H,4-9H2,1-3H3/t10-/m0/s1. The number of hydrogen-bond donors (Lipinski definition) is 0. The molecule has 0 N–H and O–H groups in total. The van der Waals surface area contributed by atoms with Crippen molar-refractivity contribution in [2.24, 2.45) is 5.92 Å². The molecule has 0 radical (unpaired) electrons. The molecule has 0 aromatic rings. The summed E-state index contributed by atoms with van der Waals surface area (Å²) in [6, 6.07) is 0. The van der Waals surface area contributed by atoms with Crippen molar-refractivity contribution >= 4 is 5.91 Å². The molecule has 82 valence electrons. The molecule has 1 heterocycles. The predicted octanol–water partition coefficient (Wildman–Crippen LogP) is 1.20. The van der Waals surface area contributed by atoms with E-state index < -0.39 is 0 Å². The SMILES string of the molecule is CCN1CCC[C@@H](CC(=O)N(C)C)C1. The minimum absolute atomic E-state index is 0.271. The van der Waals surface area contributed by atoms with Gasteiger partial charge in [0.2, 0.25) is 5.91 Å². The minimum atomic E-state index is 0.271. The number of carbonyl (C=O) groups is 1. The fraction of sp³-hybridized carbons (Fsp3) is 0.909. The third-order valence-electron chi connectivity index (χ3n) is 3.01. The van der Waals surface area contributed by atoms with Crippen molar-refractivity contribution in [2.45, 2.75) is 26.2 Å². The first-order valence-corrected chi connectivity index (χ1v) is 5.56. The molecule has 3 nitrogen and oxygen atoms in total. The molecule has 0 unspecified atom stereocenters. The van der Waals surface area contributed by atoms with Crippen LogP contribution in [0.1, 0.15) is 26.2 Å². The molecule has 0 bridgehead atoms. The smallest absolute Gasteiger partial charge is 0.222 e. The molecule has 14 heavy (non-hydrogen) atoms. The molecular weight excluding hydrogens is 176 g/mol. The molecule has 0 spiro atoms. The molecule has 1 aliphatic rings. The molecule has 1 amide bonds. The fourth-order valence-electron chi connectivity index (χ4n) is 2.03. The Morgan fingerprint density at radius 3 is 2.79 bits per heavy atom. The van der Waals surface area contributed by atoms with Gasteiger partial charge in [0.1, 0.15) is 0 Å². The summed E-state index contributed by atoms with van der Waals surface area (Å²) in [5, 5.41) is 0. The molecule has 3 heteroatoms. The van der Waals surface area contributed by atoms with Gasteiger partial charge in [0.25, 0.3) is 0 Å². The number of amides is 1. The van der Waals surface area contributed by atoms with Gasteiger partial charge < -0.3 is 9.80 Å². The Bertz CT molecular complexity index is 192. The number of piperidine rings is 1. The lowest BCUT2D eigenvalue weighted by atomic mass is 9.94. The van der Waals surface area contributed by atoms with Crippen LogP contribution >= 0.6 is 0 Å². The Morgan fingerprint density at radius 1 is 1.50 bits per heavy atom. The molecule has 1 fully saturated rings. The second kappa shape index (κ2) is 5.35. The van der Waals surface area contributed by atoms with Crippen molar-refractivity contribution in [1.82, 2.24) is 9.80 Å². The van der Waals surface area contributed by atoms with E-state index in [2.05, 4.69) is 11.8 Å². The van der Waals surface area contributed by atoms with Gasteiger partial charge in [0, 0.05) is 27.1 Å². The van der Waals surface area contributed by atoms with Crippen LogP contribution in [0.2, 0.25) is 0 Å². The minimum Gasteiger partial charge on any atom is -0.349 e. The van der Waals surface area contributed by atoms with Crippen LogP contribution in [0.15, 0.2) is 0 Å². The lowest BCUT2D eigenvalue weighted by Crippen LogP contribution is -2.37. The van der Waals surface area contributed by atoms with Crippen molar-refractivity contribution in [3.05, 3.63) is 0 Å². The second-order valence-electron chi connectivity index (χ2n) is 4.39. The van der Waals surface area contributed by atoms with E-state index in [0.29, 0.717) is 5.92 Å². The van der Waals surface area contributed by atoms with Crippen molar-refractivity contribution in [2.75, 3.05) is 33.7 Å². The maximum Gasteiger partial charge on any atom is 0.222 e. The summed E-state index contributed by atoms with van der Waals surface area (Å²) in [5.41, 5.74) is 0. The molecule has 0 saturated carbocycles. The summed E-state index contributed by atoms with van der Waals surface area (Å²) in [5.74, 6) is 0.853. The van der Waals surface area contributed by atoms with Crippen LogP contribution in [0.25, 0.3) is 0 Å². The molecule has 0 aliphatic carbocycles. The van der Waals surface area contributed by atoms with Gasteiger partial charge in [-0.25, -0.2) is 0 Å². The highest BCUT2D eigenvalue weighted by molar-refractivity contribution is 5.75. The lowest BCUT2D eigenvalue weighted by Gasteiger charge is -2.31. The van der Waals surface area contributed by atoms with E-state index in [1.165, 1.54) is 19.4 Å². The van der Waals surface area contributed by atoms with Gasteiger partial charge in [0.05, 0.1) is 0 Å². The van der Waals surface area contributed by atoms with Crippen molar-refractivity contribution in [3.8, 4) is 0 Å². The summed E-state index contributed by atoms with van der Waals surface area (Å²) in [6.45, 7) is 5.63. The third-order valence-corrected chi connectivity index (χ3v) is 3.01. The first-order chi connectivity index (χ1) is 6.63. The number of likely N-dealkylation sites (tertiary alicyclic amines) is 1. The van der Waals surface area contributed by atoms with Crippen molar-refractivity contribution in [3.63, 3.8) is 0 Å². The Labute approximate surface area is 87.1 Å². The van der Waals surface area contributed by atoms with E-state index in [1.54, 1.807) is 4.90 Å². The molecule has 1 rings (SSSR count). The summed E-state index contributed by atoms with van der Waals surface area (Å²) in [7, 11) is 3.67. The summed E-state index contributed by atoms with van der Waals surface area (Å²) >= 11 is 0. The number of carbonyl (C=O) groups excluding carboxylic acids is 1. The normalized spacial score (nSPS) is 23.5. The van der Waals surface area contributed by atoms with Gasteiger partial charge in [-0.3, -0.25) is 4.79 Å². The Morgan fingerprint density at radius 2 is 2.21 bits per heavy atom. The highest BCUT2D eigenvalue weighted by Crippen LogP contribution is 2.19. The van der Waals surface area contributed by atoms with Crippen LogP contribution in [0.4, 0.5) is 0 Å². The van der Waals surface area contributed by atoms with E-state index in [0.717, 1.165) is 19.5 Å². The van der Waals surface area contributed by atoms with E-state index in [1.807, 2.05) is 14.1 Å². The molecule has 0 aromatic carbocycles. The molecular formula is C11H22N2O. The first-order valence-electron chi connectivity index (χ1n) is 5.56. The largest absolute Gasteiger partial charge is 0.349 e. The second-order valence-corrected chi connectivity index (χ2v) is 4.39. The molecule has 1 atom stereocenters. The van der Waals surface area contributed by atoms with Crippen LogP contribution in [0, 0.1) is 5.92 Å². The zero-order valence-corrected chi connectivity index (χ0v) is 9.62. The summed E-state index contributed by atoms with van der Waals surface area (Å²) in [6.07, 6.45) is 3.19. The van der Waals surface area contributed by atoms with Gasteiger partial charge in [-0.15, -0.1) is 0 Å².